The summed E-state index contributed by atoms with van der Waals surface area (Å²) in [6.07, 6.45) is 5.19. The highest BCUT2D eigenvalue weighted by Crippen LogP contribution is 2.17. The Morgan fingerprint density at radius 1 is 1.62 bits per heavy atom. The summed E-state index contributed by atoms with van der Waals surface area (Å²) in [5, 5.41) is 0. The predicted octanol–water partition coefficient (Wildman–Crippen LogP) is 2.25. The highest BCUT2D eigenvalue weighted by Gasteiger charge is 2.21. The van der Waals surface area contributed by atoms with Gasteiger partial charge in [0.05, 0.1) is 0 Å². The molecule has 0 atom stereocenters. The van der Waals surface area contributed by atoms with Crippen LogP contribution in [0, 0.1) is 0 Å². The van der Waals surface area contributed by atoms with Crippen LogP contribution in [-0.4, -0.2) is 17.4 Å². The van der Waals surface area contributed by atoms with E-state index in [0.29, 0.717) is 6.42 Å². The summed E-state index contributed by atoms with van der Waals surface area (Å²) in [4.78, 5) is 13.1. The summed E-state index contributed by atoms with van der Waals surface area (Å²) in [6.45, 7) is 10.2. The lowest BCUT2D eigenvalue weighted by atomic mass is 10.2. The maximum absolute atomic E-state index is 11.4. The summed E-state index contributed by atoms with van der Waals surface area (Å²) < 4.78 is 0. The van der Waals surface area contributed by atoms with E-state index in [9.17, 15) is 4.79 Å². The van der Waals surface area contributed by atoms with Crippen molar-refractivity contribution in [1.82, 2.24) is 4.90 Å². The molecule has 2 heteroatoms. The van der Waals surface area contributed by atoms with E-state index in [4.69, 9.17) is 0 Å². The van der Waals surface area contributed by atoms with E-state index in [0.717, 1.165) is 24.2 Å². The summed E-state index contributed by atoms with van der Waals surface area (Å²) in [6, 6.07) is 0. The van der Waals surface area contributed by atoms with Crippen LogP contribution in [0.4, 0.5) is 0 Å². The van der Waals surface area contributed by atoms with Crippen molar-refractivity contribution in [2.24, 2.45) is 0 Å². The van der Waals surface area contributed by atoms with Gasteiger partial charge in [0.1, 0.15) is 0 Å². The minimum atomic E-state index is 0.187. The van der Waals surface area contributed by atoms with Crippen LogP contribution in [0.3, 0.4) is 0 Å². The molecule has 0 aromatic rings. The second-order valence-corrected chi connectivity index (χ2v) is 3.27. The Kier molecular flexibility index (Phi) is 3.07. The number of hydrogen-bond acceptors (Lipinski definition) is 1. The number of amides is 1. The first-order chi connectivity index (χ1) is 6.15. The molecule has 0 bridgehead atoms. The fourth-order valence-electron chi connectivity index (χ4n) is 1.42. The molecule has 1 rings (SSSR count). The van der Waals surface area contributed by atoms with Gasteiger partial charge in [-0.25, -0.2) is 0 Å². The third-order valence-electron chi connectivity index (χ3n) is 1.99. The van der Waals surface area contributed by atoms with E-state index >= 15 is 0 Å². The Bertz CT molecular complexity index is 276. The number of nitrogens with zero attached hydrogens (tertiary/aromatic N) is 1. The molecule has 0 radical (unpaired) electrons. The van der Waals surface area contributed by atoms with Gasteiger partial charge in [0.15, 0.2) is 0 Å². The number of carbonyl (C=O) groups excluding carboxylic acids is 1. The molecular weight excluding hydrogens is 162 g/mol. The zero-order valence-electron chi connectivity index (χ0n) is 8.05. The molecule has 0 aromatic heterocycles. The van der Waals surface area contributed by atoms with E-state index in [2.05, 4.69) is 13.2 Å². The first-order valence-electron chi connectivity index (χ1n) is 4.45. The van der Waals surface area contributed by atoms with E-state index in [1.165, 1.54) is 0 Å². The van der Waals surface area contributed by atoms with Gasteiger partial charge >= 0.3 is 0 Å². The van der Waals surface area contributed by atoms with E-state index in [1.54, 1.807) is 11.0 Å². The third-order valence-corrected chi connectivity index (χ3v) is 1.99. The molecule has 1 amide bonds. The lowest BCUT2D eigenvalue weighted by Gasteiger charge is -2.16. The van der Waals surface area contributed by atoms with Crippen molar-refractivity contribution in [1.29, 1.82) is 0 Å². The van der Waals surface area contributed by atoms with Gasteiger partial charge in [-0.1, -0.05) is 18.7 Å². The van der Waals surface area contributed by atoms with Crippen LogP contribution in [-0.2, 0) is 4.79 Å². The van der Waals surface area contributed by atoms with E-state index < -0.39 is 0 Å². The average molecular weight is 177 g/mol. The predicted molar refractivity (Wildman–Crippen MR) is 54.0 cm³/mol. The molecule has 2 nitrogen and oxygen atoms in total. The molecular formula is C11H15NO. The lowest BCUT2D eigenvalue weighted by Crippen LogP contribution is -2.22. The highest BCUT2D eigenvalue weighted by molar-refractivity contribution is 5.80. The van der Waals surface area contributed by atoms with Crippen LogP contribution in [0.5, 0.6) is 0 Å². The third kappa shape index (κ3) is 2.31. The first-order valence-corrected chi connectivity index (χ1v) is 4.45. The minimum absolute atomic E-state index is 0.187. The SMILES string of the molecule is C=C/C(=C\C(=C)C)N1CCCC1=O. The largest absolute Gasteiger partial charge is 0.312 e. The Morgan fingerprint density at radius 3 is 2.69 bits per heavy atom. The molecule has 1 saturated heterocycles. The van der Waals surface area contributed by atoms with E-state index in [1.807, 2.05) is 13.0 Å². The second kappa shape index (κ2) is 4.08. The number of hydrogen-bond donors (Lipinski definition) is 0. The molecule has 0 saturated carbocycles. The van der Waals surface area contributed by atoms with Crippen LogP contribution >= 0.6 is 0 Å². The van der Waals surface area contributed by atoms with Crippen molar-refractivity contribution in [2.45, 2.75) is 19.8 Å². The molecule has 13 heavy (non-hydrogen) atoms. The van der Waals surface area contributed by atoms with Crippen LogP contribution in [0.15, 0.2) is 36.6 Å². The van der Waals surface area contributed by atoms with Crippen LogP contribution in [0.1, 0.15) is 19.8 Å². The molecule has 0 aliphatic carbocycles. The summed E-state index contributed by atoms with van der Waals surface area (Å²) in [5.41, 5.74) is 1.81. The Morgan fingerprint density at radius 2 is 2.31 bits per heavy atom. The zero-order chi connectivity index (χ0) is 9.84. The number of likely N-dealkylation sites (tertiary alicyclic amines) is 1. The lowest BCUT2D eigenvalue weighted by molar-refractivity contribution is -0.125. The molecule has 1 fully saturated rings. The van der Waals surface area contributed by atoms with Gasteiger partial charge in [-0.15, -0.1) is 0 Å². The van der Waals surface area contributed by atoms with Crippen LogP contribution in [0.25, 0.3) is 0 Å². The second-order valence-electron chi connectivity index (χ2n) is 3.27. The Labute approximate surface area is 79.2 Å². The number of allylic oxidation sites excluding steroid dienone is 3. The minimum Gasteiger partial charge on any atom is -0.312 e. The van der Waals surface area contributed by atoms with Crippen LogP contribution in [0.2, 0.25) is 0 Å². The van der Waals surface area contributed by atoms with Crippen molar-refractivity contribution in [3.63, 3.8) is 0 Å². The van der Waals surface area contributed by atoms with Gasteiger partial charge < -0.3 is 4.90 Å². The van der Waals surface area contributed by atoms with Gasteiger partial charge in [0.2, 0.25) is 5.91 Å². The van der Waals surface area contributed by atoms with Gasteiger partial charge in [0, 0.05) is 18.7 Å². The van der Waals surface area contributed by atoms with Gasteiger partial charge in [-0.3, -0.25) is 4.79 Å². The summed E-state index contributed by atoms with van der Waals surface area (Å²) in [5.74, 6) is 0.187. The van der Waals surface area contributed by atoms with Crippen molar-refractivity contribution < 1.29 is 4.79 Å². The number of carbonyl (C=O) groups is 1. The van der Waals surface area contributed by atoms with E-state index in [-0.39, 0.29) is 5.91 Å². The smallest absolute Gasteiger partial charge is 0.227 e. The average Bonchev–Trinajstić information content (AvgIpc) is 2.47. The monoisotopic (exact) mass is 177 g/mol. The fourth-order valence-corrected chi connectivity index (χ4v) is 1.42. The molecule has 1 heterocycles. The maximum Gasteiger partial charge on any atom is 0.227 e. The molecule has 0 N–H and O–H groups in total. The molecule has 1 aliphatic rings. The summed E-state index contributed by atoms with van der Waals surface area (Å²) in [7, 11) is 0. The number of rotatable bonds is 3. The van der Waals surface area contributed by atoms with Crippen LogP contribution < -0.4 is 0 Å². The van der Waals surface area contributed by atoms with Crippen molar-refractivity contribution in [3.8, 4) is 0 Å². The Balaban J connectivity index is 2.83. The molecule has 70 valence electrons. The first kappa shape index (κ1) is 9.78. The molecule has 0 unspecified atom stereocenters. The molecule has 0 aromatic carbocycles. The van der Waals surface area contributed by atoms with Crippen molar-refractivity contribution in [3.05, 3.63) is 36.6 Å². The summed E-state index contributed by atoms with van der Waals surface area (Å²) >= 11 is 0. The Hall–Kier alpha value is -1.31. The molecule has 0 spiro atoms. The topological polar surface area (TPSA) is 20.3 Å². The molecule has 1 aliphatic heterocycles. The normalized spacial score (nSPS) is 17.8. The van der Waals surface area contributed by atoms with Gasteiger partial charge in [-0.05, 0) is 25.5 Å². The van der Waals surface area contributed by atoms with Crippen molar-refractivity contribution in [2.75, 3.05) is 6.54 Å². The zero-order valence-corrected chi connectivity index (χ0v) is 8.05. The maximum atomic E-state index is 11.4. The highest BCUT2D eigenvalue weighted by atomic mass is 16.2. The van der Waals surface area contributed by atoms with Gasteiger partial charge in [-0.2, -0.15) is 0 Å². The fraction of sp³-hybridized carbons (Fsp3) is 0.364. The van der Waals surface area contributed by atoms with Crippen molar-refractivity contribution >= 4 is 5.91 Å². The quantitative estimate of drug-likeness (QED) is 0.605. The standard InChI is InChI=1S/C11H15NO/c1-4-10(8-9(2)3)12-7-5-6-11(12)13/h4,8H,1-2,5-7H2,3H3/b10-8+. The van der Waals surface area contributed by atoms with Gasteiger partial charge in [0.25, 0.3) is 0 Å².